The van der Waals surface area contributed by atoms with E-state index in [1.54, 1.807) is 17.0 Å². The lowest BCUT2D eigenvalue weighted by Crippen LogP contribution is -2.30. The topological polar surface area (TPSA) is 61.4 Å². The largest absolute Gasteiger partial charge is 0.376 e. The SMILES string of the molecule is CCN(C(=O)c1cccc(NCC(=O)Nc2cccc(C)c2)c1)c1ccccc1. The summed E-state index contributed by atoms with van der Waals surface area (Å²) in [6.07, 6.45) is 0. The van der Waals surface area contributed by atoms with Crippen LogP contribution in [0, 0.1) is 6.92 Å². The highest BCUT2D eigenvalue weighted by Gasteiger charge is 2.16. The average molecular weight is 387 g/mol. The number of rotatable bonds is 7. The van der Waals surface area contributed by atoms with Crippen LogP contribution in [-0.2, 0) is 4.79 Å². The number of hydrogen-bond acceptors (Lipinski definition) is 3. The first-order valence-corrected chi connectivity index (χ1v) is 9.64. The van der Waals surface area contributed by atoms with Crippen LogP contribution in [0.5, 0.6) is 0 Å². The van der Waals surface area contributed by atoms with Gasteiger partial charge in [0.2, 0.25) is 5.91 Å². The molecule has 3 aromatic carbocycles. The lowest BCUT2D eigenvalue weighted by Gasteiger charge is -2.21. The maximum absolute atomic E-state index is 13.0. The Morgan fingerprint density at radius 1 is 0.862 bits per heavy atom. The molecule has 5 heteroatoms. The van der Waals surface area contributed by atoms with E-state index >= 15 is 0 Å². The highest BCUT2D eigenvalue weighted by atomic mass is 16.2. The number of amides is 2. The number of para-hydroxylation sites is 1. The van der Waals surface area contributed by atoms with Crippen LogP contribution in [0.2, 0.25) is 0 Å². The minimum Gasteiger partial charge on any atom is -0.376 e. The molecule has 2 N–H and O–H groups in total. The fourth-order valence-corrected chi connectivity index (χ4v) is 3.08. The van der Waals surface area contributed by atoms with Gasteiger partial charge in [-0.05, 0) is 61.9 Å². The van der Waals surface area contributed by atoms with Gasteiger partial charge in [-0.2, -0.15) is 0 Å². The molecule has 3 rings (SSSR count). The zero-order chi connectivity index (χ0) is 20.6. The molecular weight excluding hydrogens is 362 g/mol. The van der Waals surface area contributed by atoms with Gasteiger partial charge in [-0.3, -0.25) is 9.59 Å². The van der Waals surface area contributed by atoms with Gasteiger partial charge in [0.15, 0.2) is 0 Å². The Morgan fingerprint density at radius 2 is 1.59 bits per heavy atom. The second-order valence-electron chi connectivity index (χ2n) is 6.74. The summed E-state index contributed by atoms with van der Waals surface area (Å²) >= 11 is 0. The first-order valence-electron chi connectivity index (χ1n) is 9.64. The zero-order valence-electron chi connectivity index (χ0n) is 16.7. The number of nitrogens with one attached hydrogen (secondary N) is 2. The summed E-state index contributed by atoms with van der Waals surface area (Å²) in [6, 6.07) is 24.4. The third-order valence-corrected chi connectivity index (χ3v) is 4.49. The molecular formula is C24H25N3O2. The summed E-state index contributed by atoms with van der Waals surface area (Å²) in [6.45, 7) is 4.61. The van der Waals surface area contributed by atoms with Gasteiger partial charge in [-0.15, -0.1) is 0 Å². The maximum Gasteiger partial charge on any atom is 0.258 e. The summed E-state index contributed by atoms with van der Waals surface area (Å²) in [4.78, 5) is 26.9. The zero-order valence-corrected chi connectivity index (χ0v) is 16.7. The molecule has 29 heavy (non-hydrogen) atoms. The van der Waals surface area contributed by atoms with Gasteiger partial charge in [-0.25, -0.2) is 0 Å². The minimum absolute atomic E-state index is 0.0773. The summed E-state index contributed by atoms with van der Waals surface area (Å²) in [5.41, 5.74) is 4.00. The molecule has 0 aliphatic carbocycles. The normalized spacial score (nSPS) is 10.3. The first-order chi connectivity index (χ1) is 14.1. The molecule has 0 spiro atoms. The highest BCUT2D eigenvalue weighted by molar-refractivity contribution is 6.06. The Morgan fingerprint density at radius 3 is 2.31 bits per heavy atom. The van der Waals surface area contributed by atoms with Crippen LogP contribution < -0.4 is 15.5 Å². The van der Waals surface area contributed by atoms with Crippen molar-refractivity contribution in [2.24, 2.45) is 0 Å². The lowest BCUT2D eigenvalue weighted by molar-refractivity contribution is -0.114. The summed E-state index contributed by atoms with van der Waals surface area (Å²) in [7, 11) is 0. The van der Waals surface area contributed by atoms with Crippen molar-refractivity contribution < 1.29 is 9.59 Å². The molecule has 0 heterocycles. The third-order valence-electron chi connectivity index (χ3n) is 4.49. The highest BCUT2D eigenvalue weighted by Crippen LogP contribution is 2.19. The van der Waals surface area contributed by atoms with Crippen LogP contribution in [-0.4, -0.2) is 24.9 Å². The number of benzene rings is 3. The molecule has 0 saturated heterocycles. The average Bonchev–Trinajstić information content (AvgIpc) is 2.74. The molecule has 0 aromatic heterocycles. The van der Waals surface area contributed by atoms with E-state index in [0.717, 1.165) is 22.6 Å². The molecule has 0 bridgehead atoms. The molecule has 0 fully saturated rings. The Kier molecular flexibility index (Phi) is 6.63. The quantitative estimate of drug-likeness (QED) is 0.617. The Hall–Kier alpha value is -3.60. The van der Waals surface area contributed by atoms with Crippen LogP contribution in [0.25, 0.3) is 0 Å². The standard InChI is InChI=1S/C24H25N3O2/c1-3-27(22-13-5-4-6-14-22)24(29)19-10-8-11-20(16-19)25-17-23(28)26-21-12-7-9-18(2)15-21/h4-16,25H,3,17H2,1-2H3,(H,26,28). The third kappa shape index (κ3) is 5.45. The van der Waals surface area contributed by atoms with Crippen molar-refractivity contribution in [3.63, 3.8) is 0 Å². The Labute approximate surface area is 171 Å². The van der Waals surface area contributed by atoms with Gasteiger partial charge in [-0.1, -0.05) is 36.4 Å². The number of anilines is 3. The van der Waals surface area contributed by atoms with Gasteiger partial charge < -0.3 is 15.5 Å². The summed E-state index contributed by atoms with van der Waals surface area (Å²) < 4.78 is 0. The van der Waals surface area contributed by atoms with Gasteiger partial charge in [0.25, 0.3) is 5.91 Å². The number of carbonyl (C=O) groups is 2. The number of hydrogen-bond donors (Lipinski definition) is 2. The molecule has 0 atom stereocenters. The van der Waals surface area contributed by atoms with E-state index in [1.807, 2.05) is 80.6 Å². The maximum atomic E-state index is 13.0. The van der Waals surface area contributed by atoms with E-state index in [0.29, 0.717) is 12.1 Å². The lowest BCUT2D eigenvalue weighted by atomic mass is 10.1. The van der Waals surface area contributed by atoms with Crippen molar-refractivity contribution in [2.75, 3.05) is 28.6 Å². The molecule has 0 saturated carbocycles. The van der Waals surface area contributed by atoms with E-state index in [1.165, 1.54) is 0 Å². The van der Waals surface area contributed by atoms with Gasteiger partial charge in [0.05, 0.1) is 6.54 Å². The van der Waals surface area contributed by atoms with Crippen molar-refractivity contribution >= 4 is 28.9 Å². The fourth-order valence-electron chi connectivity index (χ4n) is 3.08. The molecule has 148 valence electrons. The molecule has 2 amide bonds. The van der Waals surface area contributed by atoms with Crippen molar-refractivity contribution in [1.29, 1.82) is 0 Å². The second kappa shape index (κ2) is 9.55. The van der Waals surface area contributed by atoms with Crippen LogP contribution in [0.3, 0.4) is 0 Å². The smallest absolute Gasteiger partial charge is 0.258 e. The van der Waals surface area contributed by atoms with Crippen LogP contribution in [0.4, 0.5) is 17.1 Å². The molecule has 3 aromatic rings. The second-order valence-corrected chi connectivity index (χ2v) is 6.74. The number of nitrogens with zero attached hydrogens (tertiary/aromatic N) is 1. The van der Waals surface area contributed by atoms with Crippen molar-refractivity contribution in [1.82, 2.24) is 0 Å². The molecule has 5 nitrogen and oxygen atoms in total. The van der Waals surface area contributed by atoms with Crippen LogP contribution >= 0.6 is 0 Å². The van der Waals surface area contributed by atoms with Crippen molar-refractivity contribution in [3.05, 3.63) is 90.0 Å². The van der Waals surface area contributed by atoms with E-state index in [2.05, 4.69) is 10.6 Å². The van der Waals surface area contributed by atoms with E-state index in [-0.39, 0.29) is 18.4 Å². The van der Waals surface area contributed by atoms with Gasteiger partial charge in [0.1, 0.15) is 0 Å². The first kappa shape index (κ1) is 20.1. The van der Waals surface area contributed by atoms with Crippen LogP contribution in [0.15, 0.2) is 78.9 Å². The monoisotopic (exact) mass is 387 g/mol. The number of aryl methyl sites for hydroxylation is 1. The number of carbonyl (C=O) groups excluding carboxylic acids is 2. The van der Waals surface area contributed by atoms with E-state index in [9.17, 15) is 9.59 Å². The van der Waals surface area contributed by atoms with Crippen molar-refractivity contribution in [2.45, 2.75) is 13.8 Å². The van der Waals surface area contributed by atoms with E-state index < -0.39 is 0 Å². The van der Waals surface area contributed by atoms with E-state index in [4.69, 9.17) is 0 Å². The Balaban J connectivity index is 1.64. The summed E-state index contributed by atoms with van der Waals surface area (Å²) in [5.74, 6) is -0.224. The summed E-state index contributed by atoms with van der Waals surface area (Å²) in [5, 5.41) is 5.95. The van der Waals surface area contributed by atoms with Crippen molar-refractivity contribution in [3.8, 4) is 0 Å². The molecule has 0 aliphatic rings. The fraction of sp³-hybridized carbons (Fsp3) is 0.167. The minimum atomic E-state index is -0.146. The van der Waals surface area contributed by atoms with Crippen LogP contribution in [0.1, 0.15) is 22.8 Å². The predicted molar refractivity (Wildman–Crippen MR) is 119 cm³/mol. The molecule has 0 unspecified atom stereocenters. The predicted octanol–water partition coefficient (Wildman–Crippen LogP) is 4.71. The Bertz CT molecular complexity index is 986. The molecule has 0 aliphatic heterocycles. The van der Waals surface area contributed by atoms with Gasteiger partial charge in [0, 0.05) is 29.2 Å². The van der Waals surface area contributed by atoms with Gasteiger partial charge >= 0.3 is 0 Å². The molecule has 0 radical (unpaired) electrons.